The number of fused-ring (bicyclic) bond motifs is 3. The Kier molecular flexibility index (Phi) is 6.15. The van der Waals surface area contributed by atoms with Crippen molar-refractivity contribution < 1.29 is 14.1 Å². The van der Waals surface area contributed by atoms with E-state index in [1.54, 1.807) is 12.2 Å². The van der Waals surface area contributed by atoms with Crippen LogP contribution in [-0.2, 0) is 5.75 Å². The minimum absolute atomic E-state index is 0.325. The molecule has 0 saturated carbocycles. The first-order chi connectivity index (χ1) is 16.5. The van der Waals surface area contributed by atoms with Crippen molar-refractivity contribution >= 4 is 41.0 Å². The number of benzene rings is 2. The molecule has 4 aromatic rings. The Labute approximate surface area is 203 Å². The number of hydrogen-bond donors (Lipinski definition) is 1. The van der Waals surface area contributed by atoms with Gasteiger partial charge >= 0.3 is 5.88 Å². The van der Waals surface area contributed by atoms with Crippen LogP contribution in [0.2, 0.25) is 5.02 Å². The molecule has 1 N–H and O–H groups in total. The number of nitro groups is 1. The Balaban J connectivity index is 1.41. The van der Waals surface area contributed by atoms with E-state index in [9.17, 15) is 10.1 Å². The first-order valence-electron chi connectivity index (χ1n) is 10.1. The van der Waals surface area contributed by atoms with Gasteiger partial charge in [-0.2, -0.15) is 4.98 Å². The molecule has 34 heavy (non-hydrogen) atoms. The third-order valence-corrected chi connectivity index (χ3v) is 6.02. The van der Waals surface area contributed by atoms with E-state index in [1.165, 1.54) is 23.9 Å². The molecule has 170 valence electrons. The summed E-state index contributed by atoms with van der Waals surface area (Å²) < 4.78 is 11.3. The fourth-order valence-corrected chi connectivity index (χ4v) is 4.12. The topological polar surface area (TPSA) is 116 Å². The number of aromatic nitrogens is 3. The number of hydrogen-bond acceptors (Lipinski definition) is 9. The smallest absolute Gasteiger partial charge is 0.433 e. The minimum atomic E-state index is -0.627. The molecule has 11 heteroatoms. The van der Waals surface area contributed by atoms with Crippen molar-refractivity contribution in [1.82, 2.24) is 15.2 Å². The molecule has 1 atom stereocenters. The third kappa shape index (κ3) is 4.87. The van der Waals surface area contributed by atoms with Crippen LogP contribution in [0.25, 0.3) is 17.3 Å². The quantitative estimate of drug-likeness (QED) is 0.201. The summed E-state index contributed by atoms with van der Waals surface area (Å²) in [5.41, 5.74) is 3.19. The molecular formula is C23H16ClN5O4S. The highest BCUT2D eigenvalue weighted by atomic mass is 35.5. The van der Waals surface area contributed by atoms with Gasteiger partial charge in [0.15, 0.2) is 11.9 Å². The second-order valence-electron chi connectivity index (χ2n) is 7.18. The van der Waals surface area contributed by atoms with E-state index in [0.29, 0.717) is 33.3 Å². The molecule has 0 aliphatic carbocycles. The number of nitrogens with one attached hydrogen (secondary N) is 1. The molecule has 0 radical (unpaired) electrons. The third-order valence-electron chi connectivity index (χ3n) is 4.86. The van der Waals surface area contributed by atoms with Gasteiger partial charge in [0.05, 0.1) is 6.07 Å². The molecule has 0 saturated heterocycles. The van der Waals surface area contributed by atoms with Crippen LogP contribution in [-0.4, -0.2) is 26.3 Å². The number of ether oxygens (including phenoxy) is 1. The Bertz CT molecular complexity index is 1380. The second kappa shape index (κ2) is 9.54. The Morgan fingerprint density at radius 3 is 2.74 bits per heavy atom. The highest BCUT2D eigenvalue weighted by Crippen LogP contribution is 2.36. The first-order valence-corrected chi connectivity index (χ1v) is 11.5. The van der Waals surface area contributed by atoms with Crippen LogP contribution < -0.4 is 10.1 Å². The van der Waals surface area contributed by atoms with Crippen molar-refractivity contribution in [2.75, 3.05) is 5.32 Å². The molecule has 0 fully saturated rings. The summed E-state index contributed by atoms with van der Waals surface area (Å²) in [5.74, 6) is 0.970. The van der Waals surface area contributed by atoms with Gasteiger partial charge in [-0.1, -0.05) is 53.7 Å². The van der Waals surface area contributed by atoms with E-state index < -0.39 is 11.2 Å². The fraction of sp³-hybridized carbons (Fsp3) is 0.0870. The number of furan rings is 1. The van der Waals surface area contributed by atoms with Crippen molar-refractivity contribution in [2.45, 2.75) is 17.1 Å². The van der Waals surface area contributed by atoms with Crippen molar-refractivity contribution in [3.05, 3.63) is 93.2 Å². The van der Waals surface area contributed by atoms with Gasteiger partial charge in [0.1, 0.15) is 10.7 Å². The van der Waals surface area contributed by atoms with Crippen LogP contribution in [0.15, 0.2) is 76.3 Å². The zero-order valence-electron chi connectivity index (χ0n) is 17.4. The maximum Gasteiger partial charge on any atom is 0.433 e. The van der Waals surface area contributed by atoms with E-state index in [4.69, 9.17) is 20.8 Å². The van der Waals surface area contributed by atoms with Gasteiger partial charge < -0.3 is 14.5 Å². The number of thioether (sulfide) groups is 1. The highest BCUT2D eigenvalue weighted by Gasteiger charge is 2.24. The van der Waals surface area contributed by atoms with Crippen molar-refractivity contribution in [2.24, 2.45) is 0 Å². The molecular weight excluding hydrogens is 478 g/mol. The molecule has 9 nitrogen and oxygen atoms in total. The van der Waals surface area contributed by atoms with Gasteiger partial charge in [-0.05, 0) is 42.0 Å². The summed E-state index contributed by atoms with van der Waals surface area (Å²) in [6.45, 7) is 0. The van der Waals surface area contributed by atoms with Crippen molar-refractivity contribution in [3.63, 3.8) is 0 Å². The first kappa shape index (κ1) is 21.9. The van der Waals surface area contributed by atoms with Gasteiger partial charge in [-0.25, -0.2) is 0 Å². The monoisotopic (exact) mass is 493 g/mol. The van der Waals surface area contributed by atoms with Crippen molar-refractivity contribution in [1.29, 1.82) is 0 Å². The molecule has 1 aliphatic heterocycles. The number of anilines is 1. The lowest BCUT2D eigenvalue weighted by atomic mass is 10.1. The summed E-state index contributed by atoms with van der Waals surface area (Å²) in [6, 6.07) is 18.0. The van der Waals surface area contributed by atoms with Crippen LogP contribution in [0.3, 0.4) is 0 Å². The van der Waals surface area contributed by atoms with Gasteiger partial charge in [0.2, 0.25) is 11.0 Å². The Morgan fingerprint density at radius 2 is 1.94 bits per heavy atom. The second-order valence-corrected chi connectivity index (χ2v) is 8.56. The van der Waals surface area contributed by atoms with E-state index in [0.717, 1.165) is 16.8 Å². The van der Waals surface area contributed by atoms with Crippen LogP contribution in [0, 0.1) is 10.1 Å². The predicted octanol–water partition coefficient (Wildman–Crippen LogP) is 5.83. The van der Waals surface area contributed by atoms with Crippen LogP contribution >= 0.6 is 23.4 Å². The lowest BCUT2D eigenvalue weighted by Gasteiger charge is -2.15. The Hall–Kier alpha value is -3.89. The molecule has 5 rings (SSSR count). The summed E-state index contributed by atoms with van der Waals surface area (Å²) in [4.78, 5) is 14.9. The normalized spacial score (nSPS) is 14.6. The molecule has 0 bridgehead atoms. The van der Waals surface area contributed by atoms with Crippen molar-refractivity contribution in [3.8, 4) is 17.1 Å². The minimum Gasteiger partial charge on any atom is -0.448 e. The van der Waals surface area contributed by atoms with Gasteiger partial charge in [0.25, 0.3) is 0 Å². The summed E-state index contributed by atoms with van der Waals surface area (Å²) in [7, 11) is 0. The van der Waals surface area contributed by atoms with Crippen LogP contribution in [0.5, 0.6) is 5.88 Å². The fourth-order valence-electron chi connectivity index (χ4n) is 3.26. The SMILES string of the molecule is O=[N+]([O-])c1ccc(C=CC2Nc3ccccc3-c3nnc(SCc4ccc(Cl)cc4)nc3O2)o1. The molecule has 0 amide bonds. The van der Waals surface area contributed by atoms with E-state index in [2.05, 4.69) is 20.5 Å². The maximum atomic E-state index is 10.9. The number of nitrogens with zero attached hydrogens (tertiary/aromatic N) is 4. The number of rotatable bonds is 6. The molecule has 1 unspecified atom stereocenters. The van der Waals surface area contributed by atoms with Gasteiger partial charge in [0, 0.05) is 22.0 Å². The standard InChI is InChI=1S/C23H16ClN5O4S/c24-15-7-5-14(6-8-15)13-34-23-26-22-21(27-28-23)17-3-1-2-4-18(17)25-19(33-22)11-9-16-10-12-20(32-16)29(30)31/h1-12,19,25H,13H2. The van der Waals surface area contributed by atoms with E-state index >= 15 is 0 Å². The zero-order chi connectivity index (χ0) is 23.5. The molecule has 2 aromatic heterocycles. The summed E-state index contributed by atoms with van der Waals surface area (Å²) in [6.07, 6.45) is 2.66. The van der Waals surface area contributed by atoms with E-state index in [-0.39, 0.29) is 5.88 Å². The van der Waals surface area contributed by atoms with E-state index in [1.807, 2.05) is 48.5 Å². The van der Waals surface area contributed by atoms with Gasteiger partial charge in [-0.3, -0.25) is 10.1 Å². The molecule has 2 aromatic carbocycles. The number of halogens is 1. The largest absolute Gasteiger partial charge is 0.448 e. The molecule has 1 aliphatic rings. The summed E-state index contributed by atoms with van der Waals surface area (Å²) in [5, 5.41) is 23.9. The highest BCUT2D eigenvalue weighted by molar-refractivity contribution is 7.98. The maximum absolute atomic E-state index is 10.9. The van der Waals surface area contributed by atoms with Gasteiger partial charge in [-0.15, -0.1) is 10.2 Å². The zero-order valence-corrected chi connectivity index (χ0v) is 19.0. The average Bonchev–Trinajstić information content (AvgIpc) is 3.26. The number of para-hydroxylation sites is 1. The average molecular weight is 494 g/mol. The Morgan fingerprint density at radius 1 is 1.12 bits per heavy atom. The molecule has 3 heterocycles. The van der Waals surface area contributed by atoms with Crippen LogP contribution in [0.1, 0.15) is 11.3 Å². The predicted molar refractivity (Wildman–Crippen MR) is 129 cm³/mol. The summed E-state index contributed by atoms with van der Waals surface area (Å²) >= 11 is 7.39. The lowest BCUT2D eigenvalue weighted by Crippen LogP contribution is -2.23. The van der Waals surface area contributed by atoms with Crippen LogP contribution in [0.4, 0.5) is 11.6 Å². The lowest BCUT2D eigenvalue weighted by molar-refractivity contribution is -0.402. The molecule has 0 spiro atoms.